The first-order valence-corrected chi connectivity index (χ1v) is 6.93. The van der Waals surface area contributed by atoms with E-state index in [0.29, 0.717) is 0 Å². The minimum absolute atomic E-state index is 0.0441. The van der Waals surface area contributed by atoms with E-state index in [4.69, 9.17) is 0 Å². The molecule has 1 rings (SSSR count). The minimum atomic E-state index is -0.0441. The molecule has 1 atom stereocenters. The maximum absolute atomic E-state index is 11.9. The van der Waals surface area contributed by atoms with Gasteiger partial charge in [0.15, 0.2) is 0 Å². The van der Waals surface area contributed by atoms with E-state index in [9.17, 15) is 4.79 Å². The van der Waals surface area contributed by atoms with E-state index in [0.717, 1.165) is 19.5 Å². The molecule has 1 aromatic rings. The number of hydrogen-bond donors (Lipinski definition) is 0. The molecule has 0 aliphatic rings. The third-order valence-corrected chi connectivity index (χ3v) is 4.15. The summed E-state index contributed by atoms with van der Waals surface area (Å²) in [5.41, 5.74) is 0. The second-order valence-electron chi connectivity index (χ2n) is 3.31. The monoisotopic (exact) mass is 289 g/mol. The number of amides is 1. The third-order valence-electron chi connectivity index (χ3n) is 2.25. The highest BCUT2D eigenvalue weighted by Gasteiger charge is 2.19. The Morgan fingerprint density at radius 3 is 2.80 bits per heavy atom. The molecule has 1 heterocycles. The van der Waals surface area contributed by atoms with E-state index in [1.54, 1.807) is 11.3 Å². The lowest BCUT2D eigenvalue weighted by Crippen LogP contribution is -2.35. The number of alkyl halides is 1. The van der Waals surface area contributed by atoms with Crippen LogP contribution in [-0.2, 0) is 11.3 Å². The Morgan fingerprint density at radius 1 is 1.60 bits per heavy atom. The first-order chi connectivity index (χ1) is 7.19. The van der Waals surface area contributed by atoms with Gasteiger partial charge < -0.3 is 4.90 Å². The van der Waals surface area contributed by atoms with Crippen molar-refractivity contribution < 1.29 is 4.79 Å². The molecular weight excluding hydrogens is 274 g/mol. The van der Waals surface area contributed by atoms with Crippen molar-refractivity contribution in [3.63, 3.8) is 0 Å². The molecule has 1 aromatic heterocycles. The van der Waals surface area contributed by atoms with Gasteiger partial charge in [-0.1, -0.05) is 28.9 Å². The summed E-state index contributed by atoms with van der Waals surface area (Å²) in [5, 5.41) is 2.04. The molecule has 0 aliphatic carbocycles. The normalized spacial score (nSPS) is 12.5. The second-order valence-corrected chi connectivity index (χ2v) is 5.45. The average molecular weight is 290 g/mol. The van der Waals surface area contributed by atoms with E-state index in [2.05, 4.69) is 22.0 Å². The van der Waals surface area contributed by atoms with Crippen LogP contribution < -0.4 is 0 Å². The zero-order chi connectivity index (χ0) is 11.3. The van der Waals surface area contributed by atoms with Crippen molar-refractivity contribution in [2.24, 2.45) is 0 Å². The van der Waals surface area contributed by atoms with E-state index >= 15 is 0 Å². The van der Waals surface area contributed by atoms with Gasteiger partial charge in [-0.25, -0.2) is 0 Å². The summed E-state index contributed by atoms with van der Waals surface area (Å²) in [6, 6.07) is 4.08. The number of halogens is 1. The van der Waals surface area contributed by atoms with Crippen LogP contribution in [0.5, 0.6) is 0 Å². The summed E-state index contributed by atoms with van der Waals surface area (Å²) < 4.78 is 0. The largest absolute Gasteiger partial charge is 0.337 e. The maximum atomic E-state index is 11.9. The summed E-state index contributed by atoms with van der Waals surface area (Å²) >= 11 is 5.09. The van der Waals surface area contributed by atoms with Gasteiger partial charge in [-0.3, -0.25) is 4.79 Å². The first kappa shape index (κ1) is 12.7. The molecule has 1 amide bonds. The number of carbonyl (C=O) groups excluding carboxylic acids is 1. The quantitative estimate of drug-likeness (QED) is 0.762. The van der Waals surface area contributed by atoms with Crippen molar-refractivity contribution in [3.05, 3.63) is 22.4 Å². The number of hydrogen-bond acceptors (Lipinski definition) is 2. The summed E-state index contributed by atoms with van der Waals surface area (Å²) in [7, 11) is 0. The smallest absolute Gasteiger partial charge is 0.236 e. The minimum Gasteiger partial charge on any atom is -0.337 e. The van der Waals surface area contributed by atoms with Crippen molar-refractivity contribution in [2.75, 3.05) is 6.54 Å². The van der Waals surface area contributed by atoms with Crippen LogP contribution in [0.25, 0.3) is 0 Å². The van der Waals surface area contributed by atoms with Gasteiger partial charge in [0.2, 0.25) is 5.91 Å². The molecule has 84 valence electrons. The van der Waals surface area contributed by atoms with E-state index in [1.807, 2.05) is 30.2 Å². The molecular formula is C11H16BrNOS. The summed E-state index contributed by atoms with van der Waals surface area (Å²) in [4.78, 5) is 15.0. The van der Waals surface area contributed by atoms with E-state index < -0.39 is 0 Å². The first-order valence-electron chi connectivity index (χ1n) is 5.14. The van der Waals surface area contributed by atoms with Gasteiger partial charge in [-0.15, -0.1) is 11.3 Å². The van der Waals surface area contributed by atoms with Gasteiger partial charge in [-0.2, -0.15) is 0 Å². The topological polar surface area (TPSA) is 20.3 Å². The molecule has 1 unspecified atom stereocenters. The fourth-order valence-electron chi connectivity index (χ4n) is 1.31. The number of nitrogens with zero attached hydrogens (tertiary/aromatic N) is 1. The standard InChI is InChI=1S/C11H16BrNOS/c1-3-10(12)11(14)13(4-2)8-9-6-5-7-15-9/h5-7,10H,3-4,8H2,1-2H3. The Balaban J connectivity index is 2.60. The zero-order valence-electron chi connectivity index (χ0n) is 9.07. The molecule has 0 aliphatic heterocycles. The Hall–Kier alpha value is -0.350. The fourth-order valence-corrected chi connectivity index (χ4v) is 2.32. The molecule has 0 N–H and O–H groups in total. The molecule has 0 fully saturated rings. The van der Waals surface area contributed by atoms with Crippen molar-refractivity contribution in [3.8, 4) is 0 Å². The van der Waals surface area contributed by atoms with Crippen molar-refractivity contribution in [1.29, 1.82) is 0 Å². The van der Waals surface area contributed by atoms with Crippen LogP contribution in [0.2, 0.25) is 0 Å². The van der Waals surface area contributed by atoms with Crippen molar-refractivity contribution in [1.82, 2.24) is 4.90 Å². The third kappa shape index (κ3) is 3.61. The van der Waals surface area contributed by atoms with Crippen molar-refractivity contribution in [2.45, 2.75) is 31.6 Å². The predicted octanol–water partition coefficient (Wildman–Crippen LogP) is 3.27. The predicted molar refractivity (Wildman–Crippen MR) is 68.4 cm³/mol. The van der Waals surface area contributed by atoms with Gasteiger partial charge in [0.1, 0.15) is 0 Å². The van der Waals surface area contributed by atoms with Crippen LogP contribution in [0.1, 0.15) is 25.1 Å². The van der Waals surface area contributed by atoms with Gasteiger partial charge in [0, 0.05) is 11.4 Å². The molecule has 0 aromatic carbocycles. The second kappa shape index (κ2) is 6.28. The van der Waals surface area contributed by atoms with Crippen LogP contribution >= 0.6 is 27.3 Å². The van der Waals surface area contributed by atoms with Crippen LogP contribution in [0.3, 0.4) is 0 Å². The van der Waals surface area contributed by atoms with Gasteiger partial charge in [0.05, 0.1) is 11.4 Å². The van der Waals surface area contributed by atoms with Crippen LogP contribution in [0, 0.1) is 0 Å². The Morgan fingerprint density at radius 2 is 2.33 bits per heavy atom. The highest BCUT2D eigenvalue weighted by molar-refractivity contribution is 9.10. The molecule has 0 bridgehead atoms. The van der Waals surface area contributed by atoms with Crippen LogP contribution in [0.4, 0.5) is 0 Å². The van der Waals surface area contributed by atoms with Crippen molar-refractivity contribution >= 4 is 33.2 Å². The fraction of sp³-hybridized carbons (Fsp3) is 0.545. The highest BCUT2D eigenvalue weighted by Crippen LogP contribution is 2.15. The lowest BCUT2D eigenvalue weighted by Gasteiger charge is -2.22. The Bertz CT molecular complexity index is 300. The van der Waals surface area contributed by atoms with E-state index in [1.165, 1.54) is 4.88 Å². The number of thiophene rings is 1. The van der Waals surface area contributed by atoms with Crippen LogP contribution in [-0.4, -0.2) is 22.2 Å². The molecule has 2 nitrogen and oxygen atoms in total. The van der Waals surface area contributed by atoms with Gasteiger partial charge in [-0.05, 0) is 24.8 Å². The van der Waals surface area contributed by atoms with E-state index in [-0.39, 0.29) is 10.7 Å². The summed E-state index contributed by atoms with van der Waals surface area (Å²) in [6.07, 6.45) is 0.833. The number of carbonyl (C=O) groups is 1. The number of rotatable bonds is 5. The molecule has 0 saturated heterocycles. The molecule has 4 heteroatoms. The van der Waals surface area contributed by atoms with Gasteiger partial charge in [0.25, 0.3) is 0 Å². The van der Waals surface area contributed by atoms with Crippen LogP contribution in [0.15, 0.2) is 17.5 Å². The SMILES string of the molecule is CCC(Br)C(=O)N(CC)Cc1cccs1. The molecule has 0 spiro atoms. The zero-order valence-corrected chi connectivity index (χ0v) is 11.5. The summed E-state index contributed by atoms with van der Waals surface area (Å²) in [6.45, 7) is 5.52. The average Bonchev–Trinajstić information content (AvgIpc) is 2.76. The molecule has 0 saturated carbocycles. The molecule has 0 radical (unpaired) electrons. The Kier molecular flexibility index (Phi) is 5.32. The highest BCUT2D eigenvalue weighted by atomic mass is 79.9. The lowest BCUT2D eigenvalue weighted by molar-refractivity contribution is -0.130. The Labute approximate surface area is 103 Å². The summed E-state index contributed by atoms with van der Waals surface area (Å²) in [5.74, 6) is 0.188. The lowest BCUT2D eigenvalue weighted by atomic mass is 10.3. The maximum Gasteiger partial charge on any atom is 0.236 e. The van der Waals surface area contributed by atoms with Gasteiger partial charge >= 0.3 is 0 Å². The molecule has 15 heavy (non-hydrogen) atoms.